The molecule has 110 valence electrons. The van der Waals surface area contributed by atoms with Gasteiger partial charge in [-0.3, -0.25) is 4.98 Å². The summed E-state index contributed by atoms with van der Waals surface area (Å²) in [4.78, 5) is 10.7. The van der Waals surface area contributed by atoms with E-state index in [0.29, 0.717) is 0 Å². The summed E-state index contributed by atoms with van der Waals surface area (Å²) in [5.74, 6) is 1.04. The van der Waals surface area contributed by atoms with E-state index in [9.17, 15) is 0 Å². The second kappa shape index (κ2) is 6.68. The van der Waals surface area contributed by atoms with Crippen molar-refractivity contribution in [2.45, 2.75) is 31.8 Å². The molecule has 0 unspecified atom stereocenters. The number of hydrogen-bond acceptors (Lipinski definition) is 4. The molecule has 21 heavy (non-hydrogen) atoms. The van der Waals surface area contributed by atoms with Gasteiger partial charge in [-0.25, -0.2) is 4.98 Å². The van der Waals surface area contributed by atoms with Gasteiger partial charge in [0, 0.05) is 44.8 Å². The van der Waals surface area contributed by atoms with Crippen LogP contribution in [-0.4, -0.2) is 29.6 Å². The Kier molecular flexibility index (Phi) is 4.46. The Morgan fingerprint density at radius 2 is 1.90 bits per heavy atom. The molecule has 2 aromatic rings. The minimum absolute atomic E-state index is 0.742. The monoisotopic (exact) mass is 282 g/mol. The third-order valence-electron chi connectivity index (χ3n) is 3.86. The first-order chi connectivity index (χ1) is 10.3. The fourth-order valence-electron chi connectivity index (χ4n) is 2.29. The van der Waals surface area contributed by atoms with Crippen LogP contribution in [0.4, 0.5) is 5.82 Å². The molecule has 0 spiro atoms. The molecular formula is C17H22N4. The molecule has 0 bridgehead atoms. The lowest BCUT2D eigenvalue weighted by Gasteiger charge is -2.19. The van der Waals surface area contributed by atoms with Crippen LogP contribution in [0.3, 0.4) is 0 Å². The highest BCUT2D eigenvalue weighted by molar-refractivity contribution is 5.40. The van der Waals surface area contributed by atoms with Gasteiger partial charge in [-0.1, -0.05) is 0 Å². The lowest BCUT2D eigenvalue weighted by atomic mass is 10.2. The number of nitrogens with zero attached hydrogens (tertiary/aromatic N) is 3. The van der Waals surface area contributed by atoms with Crippen molar-refractivity contribution >= 4 is 5.82 Å². The molecule has 1 saturated carbocycles. The third-order valence-corrected chi connectivity index (χ3v) is 3.86. The summed E-state index contributed by atoms with van der Waals surface area (Å²) in [7, 11) is 2.10. The van der Waals surface area contributed by atoms with Crippen LogP contribution in [0.5, 0.6) is 0 Å². The molecule has 3 rings (SSSR count). The Morgan fingerprint density at radius 1 is 1.14 bits per heavy atom. The molecular weight excluding hydrogens is 260 g/mol. The number of anilines is 1. The summed E-state index contributed by atoms with van der Waals surface area (Å²) in [5, 5.41) is 3.54. The topological polar surface area (TPSA) is 41.1 Å². The first-order valence-electron chi connectivity index (χ1n) is 7.59. The molecule has 1 fully saturated rings. The average molecular weight is 282 g/mol. The van der Waals surface area contributed by atoms with Crippen molar-refractivity contribution in [1.29, 1.82) is 0 Å². The number of likely N-dealkylation sites (N-methyl/N-ethyl adjacent to an activating group) is 1. The SMILES string of the molecule is CN(CCc1ccncc1)c1cc(CNC2CC2)ccn1. The summed E-state index contributed by atoms with van der Waals surface area (Å²) >= 11 is 0. The zero-order valence-electron chi connectivity index (χ0n) is 12.5. The molecule has 2 heterocycles. The van der Waals surface area contributed by atoms with Crippen LogP contribution in [0.25, 0.3) is 0 Å². The average Bonchev–Trinajstić information content (AvgIpc) is 3.36. The van der Waals surface area contributed by atoms with Crippen LogP contribution in [0.1, 0.15) is 24.0 Å². The number of rotatable bonds is 7. The maximum Gasteiger partial charge on any atom is 0.128 e. The number of pyridine rings is 2. The van der Waals surface area contributed by atoms with E-state index >= 15 is 0 Å². The summed E-state index contributed by atoms with van der Waals surface area (Å²) in [6, 6.07) is 9.15. The van der Waals surface area contributed by atoms with Gasteiger partial charge >= 0.3 is 0 Å². The van der Waals surface area contributed by atoms with Gasteiger partial charge in [0.2, 0.25) is 0 Å². The maximum absolute atomic E-state index is 4.48. The predicted octanol–water partition coefficient (Wildman–Crippen LogP) is 2.41. The number of hydrogen-bond donors (Lipinski definition) is 1. The van der Waals surface area contributed by atoms with Gasteiger partial charge in [0.05, 0.1) is 0 Å². The molecule has 0 radical (unpaired) electrons. The van der Waals surface area contributed by atoms with E-state index in [0.717, 1.165) is 31.4 Å². The molecule has 1 aliphatic rings. The van der Waals surface area contributed by atoms with Crippen LogP contribution in [-0.2, 0) is 13.0 Å². The Morgan fingerprint density at radius 3 is 2.67 bits per heavy atom. The maximum atomic E-state index is 4.48. The lowest BCUT2D eigenvalue weighted by molar-refractivity contribution is 0.686. The van der Waals surface area contributed by atoms with Crippen molar-refractivity contribution in [3.8, 4) is 0 Å². The van der Waals surface area contributed by atoms with Crippen LogP contribution in [0.15, 0.2) is 42.9 Å². The van der Waals surface area contributed by atoms with Crippen LogP contribution in [0.2, 0.25) is 0 Å². The molecule has 1 aliphatic carbocycles. The van der Waals surface area contributed by atoms with Crippen molar-refractivity contribution in [3.63, 3.8) is 0 Å². The molecule has 4 heteroatoms. The van der Waals surface area contributed by atoms with E-state index in [4.69, 9.17) is 0 Å². The number of aromatic nitrogens is 2. The van der Waals surface area contributed by atoms with Crippen molar-refractivity contribution in [1.82, 2.24) is 15.3 Å². The van der Waals surface area contributed by atoms with E-state index in [1.54, 1.807) is 0 Å². The Hall–Kier alpha value is -1.94. The van der Waals surface area contributed by atoms with Gasteiger partial charge in [0.1, 0.15) is 5.82 Å². The van der Waals surface area contributed by atoms with Gasteiger partial charge < -0.3 is 10.2 Å². The quantitative estimate of drug-likeness (QED) is 0.846. The largest absolute Gasteiger partial charge is 0.359 e. The Labute approximate surface area is 126 Å². The first-order valence-corrected chi connectivity index (χ1v) is 7.59. The van der Waals surface area contributed by atoms with Crippen molar-refractivity contribution in [2.75, 3.05) is 18.5 Å². The van der Waals surface area contributed by atoms with Crippen LogP contribution >= 0.6 is 0 Å². The summed E-state index contributed by atoms with van der Waals surface area (Å²) in [6.45, 7) is 1.90. The summed E-state index contributed by atoms with van der Waals surface area (Å²) in [6.07, 6.45) is 9.25. The fraction of sp³-hybridized carbons (Fsp3) is 0.412. The van der Waals surface area contributed by atoms with Crippen LogP contribution in [0, 0.1) is 0 Å². The molecule has 0 amide bonds. The minimum Gasteiger partial charge on any atom is -0.359 e. The van der Waals surface area contributed by atoms with Crippen molar-refractivity contribution in [2.24, 2.45) is 0 Å². The van der Waals surface area contributed by atoms with E-state index in [2.05, 4.69) is 51.5 Å². The lowest BCUT2D eigenvalue weighted by Crippen LogP contribution is -2.22. The molecule has 2 aromatic heterocycles. The smallest absolute Gasteiger partial charge is 0.128 e. The van der Waals surface area contributed by atoms with Gasteiger partial charge in [0.25, 0.3) is 0 Å². The standard InChI is InChI=1S/C17H22N4/c1-21(11-7-14-4-8-18-9-5-14)17-12-15(6-10-19-17)13-20-16-2-3-16/h4-6,8-10,12,16,20H,2-3,7,11,13H2,1H3. The third kappa shape index (κ3) is 4.26. The first kappa shape index (κ1) is 14.0. The molecule has 4 nitrogen and oxygen atoms in total. The fourth-order valence-corrected chi connectivity index (χ4v) is 2.29. The van der Waals surface area contributed by atoms with Crippen molar-refractivity contribution < 1.29 is 0 Å². The molecule has 1 N–H and O–H groups in total. The zero-order chi connectivity index (χ0) is 14.5. The van der Waals surface area contributed by atoms with Gasteiger partial charge in [0.15, 0.2) is 0 Å². The van der Waals surface area contributed by atoms with E-state index in [1.165, 1.54) is 24.0 Å². The van der Waals surface area contributed by atoms with Crippen LogP contribution < -0.4 is 10.2 Å². The highest BCUT2D eigenvalue weighted by Gasteiger charge is 2.19. The summed E-state index contributed by atoms with van der Waals surface area (Å²) < 4.78 is 0. The number of nitrogens with one attached hydrogen (secondary N) is 1. The van der Waals surface area contributed by atoms with Crippen molar-refractivity contribution in [3.05, 3.63) is 54.0 Å². The Bertz CT molecular complexity index is 566. The second-order valence-corrected chi connectivity index (χ2v) is 5.70. The minimum atomic E-state index is 0.742. The second-order valence-electron chi connectivity index (χ2n) is 5.70. The normalized spacial score (nSPS) is 14.1. The highest BCUT2D eigenvalue weighted by Crippen LogP contribution is 2.20. The highest BCUT2D eigenvalue weighted by atomic mass is 15.2. The molecule has 0 saturated heterocycles. The zero-order valence-corrected chi connectivity index (χ0v) is 12.5. The van der Waals surface area contributed by atoms with Gasteiger partial charge in [-0.2, -0.15) is 0 Å². The van der Waals surface area contributed by atoms with Gasteiger partial charge in [-0.05, 0) is 54.7 Å². The molecule has 0 aliphatic heterocycles. The van der Waals surface area contributed by atoms with E-state index in [-0.39, 0.29) is 0 Å². The molecule has 0 atom stereocenters. The summed E-state index contributed by atoms with van der Waals surface area (Å²) in [5.41, 5.74) is 2.62. The van der Waals surface area contributed by atoms with Gasteiger partial charge in [-0.15, -0.1) is 0 Å². The predicted molar refractivity (Wildman–Crippen MR) is 85.3 cm³/mol. The van der Waals surface area contributed by atoms with E-state index < -0.39 is 0 Å². The Balaban J connectivity index is 1.55. The molecule has 0 aromatic carbocycles. The van der Waals surface area contributed by atoms with E-state index in [1.807, 2.05) is 18.6 Å².